The van der Waals surface area contributed by atoms with Gasteiger partial charge in [-0.25, -0.2) is 4.68 Å². The van der Waals surface area contributed by atoms with Crippen LogP contribution in [0.3, 0.4) is 0 Å². The largest absolute Gasteiger partial charge is 0.377 e. The minimum atomic E-state index is -0.566. The van der Waals surface area contributed by atoms with Crippen molar-refractivity contribution in [3.63, 3.8) is 0 Å². The Bertz CT molecular complexity index is 1240. The van der Waals surface area contributed by atoms with Gasteiger partial charge in [0.25, 0.3) is 0 Å². The van der Waals surface area contributed by atoms with E-state index >= 15 is 0 Å². The molecule has 4 N–H and O–H groups in total. The summed E-state index contributed by atoms with van der Waals surface area (Å²) >= 11 is 3.78. The van der Waals surface area contributed by atoms with Crippen molar-refractivity contribution in [1.82, 2.24) is 19.7 Å². The lowest BCUT2D eigenvalue weighted by atomic mass is 9.83. The fourth-order valence-corrected chi connectivity index (χ4v) is 6.08. The van der Waals surface area contributed by atoms with Crippen LogP contribution in [-0.2, 0) is 0 Å². The predicted molar refractivity (Wildman–Crippen MR) is 139 cm³/mol. The molecule has 2 aliphatic rings. The fourth-order valence-electron chi connectivity index (χ4n) is 5.39. The van der Waals surface area contributed by atoms with Gasteiger partial charge in [0.1, 0.15) is 6.23 Å². The second-order valence-corrected chi connectivity index (χ2v) is 10.2. The molecule has 0 saturated carbocycles. The lowest BCUT2D eigenvalue weighted by Crippen LogP contribution is -2.45. The van der Waals surface area contributed by atoms with Gasteiger partial charge in [0.05, 0.1) is 21.9 Å². The Hall–Kier alpha value is -2.39. The van der Waals surface area contributed by atoms with Crippen molar-refractivity contribution < 1.29 is 5.11 Å². The maximum Gasteiger partial charge on any atom is 0.160 e. The van der Waals surface area contributed by atoms with Crippen molar-refractivity contribution in [2.24, 2.45) is 11.7 Å². The number of allylic oxidation sites excluding steroid dienone is 2. The summed E-state index contributed by atoms with van der Waals surface area (Å²) in [5.41, 5.74) is 11.1. The van der Waals surface area contributed by atoms with Crippen molar-refractivity contribution >= 4 is 32.7 Å². The van der Waals surface area contributed by atoms with Crippen LogP contribution < -0.4 is 5.73 Å². The summed E-state index contributed by atoms with van der Waals surface area (Å²) in [6.07, 6.45) is 7.08. The third-order valence-corrected chi connectivity index (χ3v) is 8.26. The molecule has 7 nitrogen and oxygen atoms in total. The van der Waals surface area contributed by atoms with E-state index in [4.69, 9.17) is 11.1 Å². The topological polar surface area (TPSA) is 104 Å². The number of benzene rings is 1. The zero-order chi connectivity index (χ0) is 23.8. The summed E-state index contributed by atoms with van der Waals surface area (Å²) in [6.45, 7) is 4.13. The average Bonchev–Trinajstić information content (AvgIpc) is 3.32. The smallest absolute Gasteiger partial charge is 0.160 e. The SMILES string of the molecule is CC1CCC(C2CCN(C(O)CN)CC2)=C(Br)C(=N)n2ncc(-c3cnc4ccccc4c3)c21. The number of hydrogen-bond acceptors (Lipinski definition) is 6. The number of piperidine rings is 1. The number of hydrogen-bond donors (Lipinski definition) is 3. The first-order valence-electron chi connectivity index (χ1n) is 12.0. The van der Waals surface area contributed by atoms with E-state index in [0.29, 0.717) is 11.8 Å². The Balaban J connectivity index is 1.47. The van der Waals surface area contributed by atoms with Crippen LogP contribution in [0.25, 0.3) is 22.0 Å². The molecule has 178 valence electrons. The minimum Gasteiger partial charge on any atom is -0.377 e. The molecule has 5 rings (SSSR count). The van der Waals surface area contributed by atoms with Gasteiger partial charge in [0, 0.05) is 42.3 Å². The molecule has 2 aromatic heterocycles. The van der Waals surface area contributed by atoms with Crippen LogP contribution in [0, 0.1) is 11.3 Å². The Labute approximate surface area is 208 Å². The number of rotatable bonds is 4. The van der Waals surface area contributed by atoms with Gasteiger partial charge in [0.15, 0.2) is 5.84 Å². The van der Waals surface area contributed by atoms with E-state index in [-0.39, 0.29) is 12.5 Å². The Morgan fingerprint density at radius 1 is 1.21 bits per heavy atom. The van der Waals surface area contributed by atoms with Crippen LogP contribution in [0.5, 0.6) is 0 Å². The third kappa shape index (κ3) is 4.24. The lowest BCUT2D eigenvalue weighted by molar-refractivity contribution is -0.00733. The maximum absolute atomic E-state index is 10.1. The molecule has 2 unspecified atom stereocenters. The molecule has 0 spiro atoms. The van der Waals surface area contributed by atoms with Gasteiger partial charge in [-0.1, -0.05) is 25.1 Å². The first-order valence-corrected chi connectivity index (χ1v) is 12.8. The molecule has 1 aromatic carbocycles. The molecule has 8 heteroatoms. The van der Waals surface area contributed by atoms with Gasteiger partial charge in [-0.3, -0.25) is 15.3 Å². The van der Waals surface area contributed by atoms with E-state index in [1.165, 1.54) is 5.57 Å². The van der Waals surface area contributed by atoms with E-state index in [1.54, 1.807) is 4.68 Å². The summed E-state index contributed by atoms with van der Waals surface area (Å²) in [5.74, 6) is 1.03. The monoisotopic (exact) mass is 522 g/mol. The Morgan fingerprint density at radius 2 is 1.97 bits per heavy atom. The third-order valence-electron chi connectivity index (χ3n) is 7.38. The Morgan fingerprint density at radius 3 is 2.74 bits per heavy atom. The molecule has 0 aliphatic carbocycles. The van der Waals surface area contributed by atoms with E-state index in [9.17, 15) is 5.11 Å². The lowest BCUT2D eigenvalue weighted by Gasteiger charge is -2.36. The summed E-state index contributed by atoms with van der Waals surface area (Å²) in [4.78, 5) is 6.70. The van der Waals surface area contributed by atoms with Gasteiger partial charge < -0.3 is 10.8 Å². The van der Waals surface area contributed by atoms with Gasteiger partial charge >= 0.3 is 0 Å². The summed E-state index contributed by atoms with van der Waals surface area (Å²) in [7, 11) is 0. The molecule has 2 atom stereocenters. The maximum atomic E-state index is 10.1. The van der Waals surface area contributed by atoms with E-state index in [0.717, 1.165) is 71.0 Å². The first kappa shape index (κ1) is 23.4. The number of pyridine rings is 1. The zero-order valence-corrected chi connectivity index (χ0v) is 21.0. The van der Waals surface area contributed by atoms with Crippen LogP contribution in [-0.4, -0.2) is 56.5 Å². The number of fused-ring (bicyclic) bond motifs is 2. The predicted octanol–water partition coefficient (Wildman–Crippen LogP) is 4.46. The highest BCUT2D eigenvalue weighted by Gasteiger charge is 2.31. The molecule has 3 aromatic rings. The number of nitrogens with zero attached hydrogens (tertiary/aromatic N) is 4. The molecule has 4 heterocycles. The van der Waals surface area contributed by atoms with Crippen molar-refractivity contribution in [2.75, 3.05) is 19.6 Å². The van der Waals surface area contributed by atoms with Crippen LogP contribution in [0.15, 0.2) is 52.8 Å². The normalized spacial score (nSPS) is 21.4. The van der Waals surface area contributed by atoms with Gasteiger partial charge in [0.2, 0.25) is 0 Å². The standard InChI is InChI=1S/C26H31BrN6O/c1-16-6-7-20(17-8-10-32(11-9-17)23(34)13-28)24(27)26(29)33-25(16)21(15-31-33)19-12-18-4-2-3-5-22(18)30-14-19/h2-5,12,14-17,23,29,34H,6-11,13,28H2,1H3. The highest BCUT2D eigenvalue weighted by molar-refractivity contribution is 9.12. The van der Waals surface area contributed by atoms with Crippen LogP contribution in [0.4, 0.5) is 0 Å². The molecule has 1 saturated heterocycles. The molecule has 0 amide bonds. The molecular formula is C26H31BrN6O. The number of halogens is 1. The second-order valence-electron chi connectivity index (χ2n) is 9.43. The minimum absolute atomic E-state index is 0.249. The number of likely N-dealkylation sites (tertiary alicyclic amines) is 1. The highest BCUT2D eigenvalue weighted by Crippen LogP contribution is 2.40. The number of aliphatic hydroxyl groups is 1. The van der Waals surface area contributed by atoms with Gasteiger partial charge in [-0.05, 0) is 71.2 Å². The summed E-state index contributed by atoms with van der Waals surface area (Å²) < 4.78 is 2.65. The van der Waals surface area contributed by atoms with E-state index in [1.807, 2.05) is 30.6 Å². The molecular weight excluding hydrogens is 492 g/mol. The van der Waals surface area contributed by atoms with Crippen LogP contribution in [0.2, 0.25) is 0 Å². The van der Waals surface area contributed by atoms with Crippen molar-refractivity contribution in [1.29, 1.82) is 5.41 Å². The number of aromatic nitrogens is 3. The van der Waals surface area contributed by atoms with Crippen LogP contribution in [0.1, 0.15) is 44.2 Å². The number of para-hydroxylation sites is 1. The van der Waals surface area contributed by atoms with Crippen molar-refractivity contribution in [3.05, 3.63) is 58.5 Å². The van der Waals surface area contributed by atoms with E-state index < -0.39 is 6.23 Å². The second kappa shape index (κ2) is 9.70. The summed E-state index contributed by atoms with van der Waals surface area (Å²) in [6, 6.07) is 10.3. The fraction of sp³-hybridized carbons (Fsp3) is 0.423. The molecule has 2 aliphatic heterocycles. The quantitative estimate of drug-likeness (QED) is 0.469. The van der Waals surface area contributed by atoms with Crippen molar-refractivity contribution in [3.8, 4) is 11.1 Å². The molecule has 1 fully saturated rings. The summed E-state index contributed by atoms with van der Waals surface area (Å²) in [5, 5.41) is 24.9. The van der Waals surface area contributed by atoms with E-state index in [2.05, 4.69) is 50.0 Å². The van der Waals surface area contributed by atoms with Crippen LogP contribution >= 0.6 is 15.9 Å². The number of aliphatic hydroxyl groups excluding tert-OH is 1. The zero-order valence-electron chi connectivity index (χ0n) is 19.4. The van der Waals surface area contributed by atoms with Gasteiger partial charge in [-0.15, -0.1) is 0 Å². The molecule has 34 heavy (non-hydrogen) atoms. The molecule has 0 radical (unpaired) electrons. The first-order chi connectivity index (χ1) is 16.5. The number of nitrogens with two attached hydrogens (primary N) is 1. The molecule has 0 bridgehead atoms. The Kier molecular flexibility index (Phi) is 6.66. The van der Waals surface area contributed by atoms with Gasteiger partial charge in [-0.2, -0.15) is 5.10 Å². The highest BCUT2D eigenvalue weighted by atomic mass is 79.9. The van der Waals surface area contributed by atoms with Crippen molar-refractivity contribution in [2.45, 2.75) is 44.8 Å². The average molecular weight is 523 g/mol. The number of nitrogens with one attached hydrogen (secondary N) is 1.